The minimum Gasteiger partial charge on any atom is -0.481 e. The van der Waals surface area contributed by atoms with Crippen molar-refractivity contribution in [3.63, 3.8) is 0 Å². The van der Waals surface area contributed by atoms with E-state index < -0.39 is 23.8 Å². The third kappa shape index (κ3) is 3.59. The smallest absolute Gasteiger partial charge is 0.417 e. The van der Waals surface area contributed by atoms with E-state index in [0.717, 1.165) is 12.3 Å². The summed E-state index contributed by atoms with van der Waals surface area (Å²) in [5.41, 5.74) is -0.115. The second-order valence-electron chi connectivity index (χ2n) is 4.62. The van der Waals surface area contributed by atoms with Crippen LogP contribution < -0.4 is 0 Å². The number of aromatic nitrogens is 3. The molecule has 2 heterocycles. The lowest BCUT2D eigenvalue weighted by Crippen LogP contribution is -2.10. The number of pyridine rings is 1. The SMILES string of the molecule is CC(CC(=O)O)n1cc(-c2cncc(C(F)(F)F)c2)cn1. The molecule has 0 spiro atoms. The van der Waals surface area contributed by atoms with Gasteiger partial charge in [0.05, 0.1) is 24.2 Å². The van der Waals surface area contributed by atoms with Crippen molar-refractivity contribution in [2.45, 2.75) is 25.6 Å². The highest BCUT2D eigenvalue weighted by molar-refractivity contribution is 5.67. The average Bonchev–Trinajstić information content (AvgIpc) is 2.86. The van der Waals surface area contributed by atoms with E-state index in [9.17, 15) is 18.0 Å². The number of carboxylic acid groups (broad SMARTS) is 1. The Hall–Kier alpha value is -2.38. The molecule has 0 bridgehead atoms. The molecule has 8 heteroatoms. The number of carbonyl (C=O) groups is 1. The summed E-state index contributed by atoms with van der Waals surface area (Å²) < 4.78 is 39.3. The minimum absolute atomic E-state index is 0.123. The van der Waals surface area contributed by atoms with Gasteiger partial charge in [0.2, 0.25) is 0 Å². The number of aliphatic carboxylic acids is 1. The second-order valence-corrected chi connectivity index (χ2v) is 4.62. The van der Waals surface area contributed by atoms with Crippen molar-refractivity contribution in [3.8, 4) is 11.1 Å². The summed E-state index contributed by atoms with van der Waals surface area (Å²) in [6, 6.07) is 0.589. The zero-order chi connectivity index (χ0) is 15.6. The first kappa shape index (κ1) is 15.0. The highest BCUT2D eigenvalue weighted by atomic mass is 19.4. The summed E-state index contributed by atoms with van der Waals surface area (Å²) >= 11 is 0. The van der Waals surface area contributed by atoms with Gasteiger partial charge in [-0.3, -0.25) is 14.5 Å². The Morgan fingerprint density at radius 1 is 1.33 bits per heavy atom. The Kier molecular flexibility index (Phi) is 3.97. The number of carboxylic acids is 1. The Bertz CT molecular complexity index is 652. The lowest BCUT2D eigenvalue weighted by molar-refractivity contribution is -0.138. The van der Waals surface area contributed by atoms with E-state index in [4.69, 9.17) is 5.11 Å². The van der Waals surface area contributed by atoms with Crippen molar-refractivity contribution in [2.75, 3.05) is 0 Å². The van der Waals surface area contributed by atoms with Crippen LogP contribution in [0.2, 0.25) is 0 Å². The van der Waals surface area contributed by atoms with Gasteiger partial charge < -0.3 is 5.11 Å². The molecular formula is C13H12F3N3O2. The lowest BCUT2D eigenvalue weighted by Gasteiger charge is -2.09. The van der Waals surface area contributed by atoms with Crippen molar-refractivity contribution in [2.24, 2.45) is 0 Å². The molecule has 112 valence electrons. The predicted molar refractivity (Wildman–Crippen MR) is 67.4 cm³/mol. The third-order valence-electron chi connectivity index (χ3n) is 2.92. The molecule has 0 amide bonds. The average molecular weight is 299 g/mol. The molecule has 2 aromatic heterocycles. The molecule has 0 aromatic carbocycles. The van der Waals surface area contributed by atoms with Crippen molar-refractivity contribution in [3.05, 3.63) is 36.4 Å². The van der Waals surface area contributed by atoms with Crippen LogP contribution in [0.15, 0.2) is 30.9 Å². The van der Waals surface area contributed by atoms with Gasteiger partial charge in [0.1, 0.15) is 0 Å². The summed E-state index contributed by atoms with van der Waals surface area (Å²) in [6.07, 6.45) is 0.358. The number of rotatable bonds is 4. The van der Waals surface area contributed by atoms with Crippen LogP contribution in [-0.2, 0) is 11.0 Å². The maximum absolute atomic E-state index is 12.6. The Balaban J connectivity index is 2.28. The summed E-state index contributed by atoms with van der Waals surface area (Å²) in [6.45, 7) is 1.66. The van der Waals surface area contributed by atoms with E-state index in [-0.39, 0.29) is 12.0 Å². The lowest BCUT2D eigenvalue weighted by atomic mass is 10.1. The fourth-order valence-corrected chi connectivity index (χ4v) is 1.83. The molecule has 0 aliphatic rings. The van der Waals surface area contributed by atoms with Gasteiger partial charge in [0.15, 0.2) is 0 Å². The largest absolute Gasteiger partial charge is 0.481 e. The first-order valence-corrected chi connectivity index (χ1v) is 6.06. The molecule has 0 saturated heterocycles. The van der Waals surface area contributed by atoms with Gasteiger partial charge in [-0.2, -0.15) is 18.3 Å². The van der Waals surface area contributed by atoms with Crippen molar-refractivity contribution in [1.82, 2.24) is 14.8 Å². The summed E-state index contributed by atoms with van der Waals surface area (Å²) in [7, 11) is 0. The molecule has 0 fully saturated rings. The van der Waals surface area contributed by atoms with Crippen LogP contribution in [0, 0.1) is 0 Å². The molecule has 1 N–H and O–H groups in total. The summed E-state index contributed by atoms with van der Waals surface area (Å²) in [5.74, 6) is -0.972. The van der Waals surface area contributed by atoms with E-state index in [2.05, 4.69) is 10.1 Å². The molecule has 0 aliphatic heterocycles. The minimum atomic E-state index is -4.46. The van der Waals surface area contributed by atoms with Gasteiger partial charge in [-0.25, -0.2) is 0 Å². The van der Waals surface area contributed by atoms with Crippen LogP contribution >= 0.6 is 0 Å². The zero-order valence-corrected chi connectivity index (χ0v) is 11.0. The molecule has 2 rings (SSSR count). The van der Waals surface area contributed by atoms with E-state index in [1.807, 2.05) is 0 Å². The highest BCUT2D eigenvalue weighted by Crippen LogP contribution is 2.31. The van der Waals surface area contributed by atoms with Crippen LogP contribution in [-0.4, -0.2) is 25.8 Å². The topological polar surface area (TPSA) is 68.0 Å². The molecule has 21 heavy (non-hydrogen) atoms. The molecule has 1 unspecified atom stereocenters. The van der Waals surface area contributed by atoms with Gasteiger partial charge in [-0.1, -0.05) is 0 Å². The standard InChI is InChI=1S/C13H12F3N3O2/c1-8(2-12(20)21)19-7-10(5-18-19)9-3-11(6-17-4-9)13(14,15)16/h3-8H,2H2,1H3,(H,20,21). The Morgan fingerprint density at radius 3 is 2.67 bits per heavy atom. The van der Waals surface area contributed by atoms with Gasteiger partial charge in [-0.05, 0) is 13.0 Å². The van der Waals surface area contributed by atoms with Crippen LogP contribution in [0.1, 0.15) is 24.9 Å². The molecule has 5 nitrogen and oxygen atoms in total. The maximum atomic E-state index is 12.6. The van der Waals surface area contributed by atoms with E-state index in [1.54, 1.807) is 6.92 Å². The van der Waals surface area contributed by atoms with Crippen LogP contribution in [0.25, 0.3) is 11.1 Å². The zero-order valence-electron chi connectivity index (χ0n) is 11.0. The number of halogens is 3. The highest BCUT2D eigenvalue weighted by Gasteiger charge is 2.31. The maximum Gasteiger partial charge on any atom is 0.417 e. The van der Waals surface area contributed by atoms with E-state index in [0.29, 0.717) is 5.56 Å². The Labute approximate surface area is 118 Å². The fraction of sp³-hybridized carbons (Fsp3) is 0.308. The monoisotopic (exact) mass is 299 g/mol. The van der Waals surface area contributed by atoms with Crippen molar-refractivity contribution >= 4 is 5.97 Å². The molecule has 2 aromatic rings. The van der Waals surface area contributed by atoms with Crippen LogP contribution in [0.3, 0.4) is 0 Å². The first-order valence-electron chi connectivity index (χ1n) is 6.06. The van der Waals surface area contributed by atoms with Crippen molar-refractivity contribution in [1.29, 1.82) is 0 Å². The fourth-order valence-electron chi connectivity index (χ4n) is 1.83. The van der Waals surface area contributed by atoms with E-state index >= 15 is 0 Å². The third-order valence-corrected chi connectivity index (χ3v) is 2.92. The van der Waals surface area contributed by atoms with Crippen molar-refractivity contribution < 1.29 is 23.1 Å². The number of nitrogens with zero attached hydrogens (tertiary/aromatic N) is 3. The second kappa shape index (κ2) is 5.55. The molecular weight excluding hydrogens is 287 g/mol. The van der Waals surface area contributed by atoms with Gasteiger partial charge in [0, 0.05) is 29.7 Å². The number of hydrogen-bond acceptors (Lipinski definition) is 3. The molecule has 0 aliphatic carbocycles. The van der Waals surface area contributed by atoms with Gasteiger partial charge in [0.25, 0.3) is 0 Å². The quantitative estimate of drug-likeness (QED) is 0.942. The van der Waals surface area contributed by atoms with Gasteiger partial charge >= 0.3 is 12.1 Å². The molecule has 0 saturated carbocycles. The molecule has 0 radical (unpaired) electrons. The first-order chi connectivity index (χ1) is 9.77. The van der Waals surface area contributed by atoms with Crippen LogP contribution in [0.5, 0.6) is 0 Å². The number of hydrogen-bond donors (Lipinski definition) is 1. The predicted octanol–water partition coefficient (Wildman–Crippen LogP) is 3.00. The van der Waals surface area contributed by atoms with Gasteiger partial charge in [-0.15, -0.1) is 0 Å². The van der Waals surface area contributed by atoms with Crippen LogP contribution in [0.4, 0.5) is 13.2 Å². The Morgan fingerprint density at radius 2 is 2.05 bits per heavy atom. The normalized spacial score (nSPS) is 13.1. The molecule has 1 atom stereocenters. The summed E-state index contributed by atoms with van der Waals surface area (Å²) in [4.78, 5) is 14.2. The summed E-state index contributed by atoms with van der Waals surface area (Å²) in [5, 5.41) is 12.7. The van der Waals surface area contributed by atoms with E-state index in [1.165, 1.54) is 23.3 Å². The number of alkyl halides is 3.